The second-order valence-corrected chi connectivity index (χ2v) is 7.68. The molecule has 1 aromatic heterocycles. The van der Waals surface area contributed by atoms with Gasteiger partial charge in [0.25, 0.3) is 0 Å². The van der Waals surface area contributed by atoms with Crippen molar-refractivity contribution in [2.24, 2.45) is 0 Å². The minimum atomic E-state index is -0.215. The number of rotatable bonds is 5. The summed E-state index contributed by atoms with van der Waals surface area (Å²) < 4.78 is 11.9. The second-order valence-electron chi connectivity index (χ2n) is 7.25. The van der Waals surface area contributed by atoms with Crippen molar-refractivity contribution in [1.82, 2.24) is 0 Å². The second kappa shape index (κ2) is 8.34. The van der Waals surface area contributed by atoms with Crippen LogP contribution in [0.25, 0.3) is 16.5 Å². The Morgan fingerprint density at radius 2 is 1.90 bits per heavy atom. The lowest BCUT2D eigenvalue weighted by Gasteiger charge is -2.15. The summed E-state index contributed by atoms with van der Waals surface area (Å²) in [6, 6.07) is 7.47. The number of carbonyl (C=O) groups is 1. The lowest BCUT2D eigenvalue weighted by Crippen LogP contribution is -2.10. The Kier molecular flexibility index (Phi) is 6.04. The molecule has 0 spiro atoms. The summed E-state index contributed by atoms with van der Waals surface area (Å²) in [4.78, 5) is 12.7. The summed E-state index contributed by atoms with van der Waals surface area (Å²) in [5.41, 5.74) is 6.22. The molecule has 1 N–H and O–H groups in total. The van der Waals surface area contributed by atoms with Crippen molar-refractivity contribution < 1.29 is 13.9 Å². The maximum atomic E-state index is 12.7. The Hall–Kier alpha value is -2.72. The van der Waals surface area contributed by atoms with Gasteiger partial charge in [-0.1, -0.05) is 17.7 Å². The minimum absolute atomic E-state index is 0.215. The van der Waals surface area contributed by atoms with Gasteiger partial charge in [-0.3, -0.25) is 4.79 Å². The first kappa shape index (κ1) is 21.0. The molecule has 0 aliphatic carbocycles. The first-order valence-electron chi connectivity index (χ1n) is 9.64. The highest BCUT2D eigenvalue weighted by molar-refractivity contribution is 6.31. The number of anilines is 1. The molecule has 0 atom stereocenters. The van der Waals surface area contributed by atoms with Gasteiger partial charge in [-0.2, -0.15) is 0 Å². The zero-order chi connectivity index (χ0) is 21.3. The van der Waals surface area contributed by atoms with Crippen LogP contribution in [0.2, 0.25) is 5.02 Å². The van der Waals surface area contributed by atoms with Crippen molar-refractivity contribution in [2.75, 3.05) is 11.9 Å². The molecule has 0 saturated carbocycles. The highest BCUT2D eigenvalue weighted by Gasteiger charge is 2.19. The van der Waals surface area contributed by atoms with Crippen LogP contribution in [0.15, 0.2) is 34.8 Å². The molecule has 3 aromatic rings. The van der Waals surface area contributed by atoms with Gasteiger partial charge in [0.1, 0.15) is 17.1 Å². The number of allylic oxidation sites excluding steroid dienone is 1. The number of carbonyl (C=O) groups excluding carboxylic acids is 1. The van der Waals surface area contributed by atoms with Crippen molar-refractivity contribution in [3.63, 3.8) is 0 Å². The SMILES string of the molecule is CCOc1c(/C(C)=C/C(=O)Nc2cc(Cl)ccc2C)cc2c(C)c(C)oc2c1C. The average Bonchev–Trinajstić information content (AvgIpc) is 2.95. The molecule has 152 valence electrons. The van der Waals surface area contributed by atoms with Gasteiger partial charge >= 0.3 is 0 Å². The number of benzene rings is 2. The van der Waals surface area contributed by atoms with Gasteiger partial charge in [0.15, 0.2) is 0 Å². The third kappa shape index (κ3) is 4.18. The summed E-state index contributed by atoms with van der Waals surface area (Å²) in [5, 5.41) is 4.53. The highest BCUT2D eigenvalue weighted by atomic mass is 35.5. The molecule has 0 bridgehead atoms. The van der Waals surface area contributed by atoms with E-state index >= 15 is 0 Å². The molecule has 1 heterocycles. The number of fused-ring (bicyclic) bond motifs is 1. The average molecular weight is 412 g/mol. The number of hydrogen-bond acceptors (Lipinski definition) is 3. The molecule has 4 nitrogen and oxygen atoms in total. The van der Waals surface area contributed by atoms with Crippen molar-refractivity contribution in [3.05, 3.63) is 63.4 Å². The molecular formula is C24H26ClNO3. The number of ether oxygens (including phenoxy) is 1. The highest BCUT2D eigenvalue weighted by Crippen LogP contribution is 2.39. The Morgan fingerprint density at radius 1 is 1.17 bits per heavy atom. The van der Waals surface area contributed by atoms with Gasteiger partial charge in [-0.15, -0.1) is 0 Å². The topological polar surface area (TPSA) is 51.5 Å². The molecule has 2 aromatic carbocycles. The van der Waals surface area contributed by atoms with Gasteiger partial charge < -0.3 is 14.5 Å². The Bertz CT molecular complexity index is 1130. The third-order valence-electron chi connectivity index (χ3n) is 5.16. The Balaban J connectivity index is 2.03. The van der Waals surface area contributed by atoms with Crippen LogP contribution in [-0.2, 0) is 4.79 Å². The molecule has 0 radical (unpaired) electrons. The van der Waals surface area contributed by atoms with Gasteiger partial charge in [-0.25, -0.2) is 0 Å². The maximum absolute atomic E-state index is 12.7. The summed E-state index contributed by atoms with van der Waals surface area (Å²) in [7, 11) is 0. The van der Waals surface area contributed by atoms with Crippen LogP contribution >= 0.6 is 11.6 Å². The van der Waals surface area contributed by atoms with E-state index in [1.807, 2.05) is 53.7 Å². The van der Waals surface area contributed by atoms with E-state index in [-0.39, 0.29) is 5.91 Å². The van der Waals surface area contributed by atoms with E-state index in [2.05, 4.69) is 5.32 Å². The van der Waals surface area contributed by atoms with E-state index in [9.17, 15) is 4.79 Å². The molecule has 0 aliphatic rings. The summed E-state index contributed by atoms with van der Waals surface area (Å²) >= 11 is 6.05. The predicted molar refractivity (Wildman–Crippen MR) is 120 cm³/mol. The van der Waals surface area contributed by atoms with Crippen LogP contribution in [0.4, 0.5) is 5.69 Å². The molecule has 5 heteroatoms. The normalized spacial score (nSPS) is 11.8. The number of hydrogen-bond donors (Lipinski definition) is 1. The molecule has 29 heavy (non-hydrogen) atoms. The largest absolute Gasteiger partial charge is 0.493 e. The standard InChI is InChI=1S/C24H26ClNO3/c1-7-28-23-16(5)24-20(15(4)17(6)29-24)12-19(23)14(3)10-22(27)26-21-11-18(25)9-8-13(21)2/h8-12H,7H2,1-6H3,(H,26,27)/b14-10+. The lowest BCUT2D eigenvalue weighted by atomic mass is 9.98. The predicted octanol–water partition coefficient (Wildman–Crippen LogP) is 6.76. The van der Waals surface area contributed by atoms with Crippen LogP contribution in [0.5, 0.6) is 5.75 Å². The van der Waals surface area contributed by atoms with E-state index < -0.39 is 0 Å². The van der Waals surface area contributed by atoms with E-state index in [0.29, 0.717) is 17.3 Å². The molecule has 0 saturated heterocycles. The zero-order valence-corrected chi connectivity index (χ0v) is 18.5. The monoisotopic (exact) mass is 411 g/mol. The molecule has 0 fully saturated rings. The number of furan rings is 1. The molecule has 0 aliphatic heterocycles. The van der Waals surface area contributed by atoms with Crippen LogP contribution in [-0.4, -0.2) is 12.5 Å². The number of amides is 1. The van der Waals surface area contributed by atoms with E-state index in [1.54, 1.807) is 18.2 Å². The zero-order valence-electron chi connectivity index (χ0n) is 17.7. The van der Waals surface area contributed by atoms with Crippen LogP contribution in [0.3, 0.4) is 0 Å². The smallest absolute Gasteiger partial charge is 0.248 e. The van der Waals surface area contributed by atoms with E-state index in [1.165, 1.54) is 0 Å². The Labute approximate surface area is 176 Å². The summed E-state index contributed by atoms with van der Waals surface area (Å²) in [6.07, 6.45) is 1.59. The first-order chi connectivity index (χ1) is 13.7. The van der Waals surface area contributed by atoms with Crippen molar-refractivity contribution in [1.29, 1.82) is 0 Å². The first-order valence-corrected chi connectivity index (χ1v) is 10.0. The lowest BCUT2D eigenvalue weighted by molar-refractivity contribution is -0.111. The Morgan fingerprint density at radius 3 is 2.59 bits per heavy atom. The molecular weight excluding hydrogens is 386 g/mol. The minimum Gasteiger partial charge on any atom is -0.493 e. The van der Waals surface area contributed by atoms with Gasteiger partial charge in [0.05, 0.1) is 6.61 Å². The third-order valence-corrected chi connectivity index (χ3v) is 5.40. The summed E-state index contributed by atoms with van der Waals surface area (Å²) in [5.74, 6) is 1.42. The fourth-order valence-corrected chi connectivity index (χ4v) is 3.58. The molecule has 1 amide bonds. The van der Waals surface area contributed by atoms with Gasteiger partial charge in [-0.05, 0) is 76.4 Å². The van der Waals surface area contributed by atoms with Crippen molar-refractivity contribution >= 4 is 39.7 Å². The van der Waals surface area contributed by atoms with Crippen molar-refractivity contribution in [2.45, 2.75) is 41.5 Å². The summed E-state index contributed by atoms with van der Waals surface area (Å²) in [6.45, 7) is 12.3. The van der Waals surface area contributed by atoms with E-state index in [0.717, 1.165) is 50.3 Å². The van der Waals surface area contributed by atoms with Crippen LogP contribution in [0, 0.1) is 27.7 Å². The van der Waals surface area contributed by atoms with E-state index in [4.69, 9.17) is 20.8 Å². The van der Waals surface area contributed by atoms with Gasteiger partial charge in [0.2, 0.25) is 5.91 Å². The molecule has 3 rings (SSSR count). The fraction of sp³-hybridized carbons (Fsp3) is 0.292. The number of halogens is 1. The van der Waals surface area contributed by atoms with Gasteiger partial charge in [0, 0.05) is 33.3 Å². The van der Waals surface area contributed by atoms with Crippen LogP contribution in [0.1, 0.15) is 41.9 Å². The maximum Gasteiger partial charge on any atom is 0.248 e. The fourth-order valence-electron chi connectivity index (χ4n) is 3.41. The number of aryl methyl sites for hydroxylation is 4. The molecule has 0 unspecified atom stereocenters. The van der Waals surface area contributed by atoms with Crippen molar-refractivity contribution in [3.8, 4) is 5.75 Å². The number of nitrogens with one attached hydrogen (secondary N) is 1. The van der Waals surface area contributed by atoms with Crippen LogP contribution < -0.4 is 10.1 Å². The quantitative estimate of drug-likeness (QED) is 0.472.